The third kappa shape index (κ3) is 3.81. The monoisotopic (exact) mass is 291 g/mol. The summed E-state index contributed by atoms with van der Waals surface area (Å²) in [5, 5.41) is 3.61. The smallest absolute Gasteiger partial charge is 0.325 e. The lowest BCUT2D eigenvalue weighted by molar-refractivity contribution is -0.153. The molecule has 1 aromatic carbocycles. The minimum Gasteiger partial charge on any atom is -0.459 e. The summed E-state index contributed by atoms with van der Waals surface area (Å²) < 4.78 is 6.18. The first-order chi connectivity index (χ1) is 9.35. The van der Waals surface area contributed by atoms with Crippen LogP contribution in [0.15, 0.2) is 30.3 Å². The van der Waals surface area contributed by atoms with Gasteiger partial charge in [0.15, 0.2) is 0 Å². The molecule has 0 aliphatic carbocycles. The molecule has 0 radical (unpaired) electrons. The molecule has 0 atom stereocenters. The van der Waals surface area contributed by atoms with Crippen LogP contribution in [0.4, 0.5) is 0 Å². The Hall–Kier alpha value is -1.88. The Morgan fingerprint density at radius 2 is 1.95 bits per heavy atom. The van der Waals surface area contributed by atoms with Crippen molar-refractivity contribution in [3.63, 3.8) is 0 Å². The molecule has 1 aromatic heterocycles. The zero-order valence-electron chi connectivity index (χ0n) is 11.7. The molecule has 1 heterocycles. The maximum Gasteiger partial charge on any atom is 0.325 e. The van der Waals surface area contributed by atoms with Gasteiger partial charge < -0.3 is 10.1 Å². The molecule has 0 aliphatic heterocycles. The number of amides is 1. The summed E-state index contributed by atoms with van der Waals surface area (Å²) in [5.74, 6) is -0.691. The van der Waals surface area contributed by atoms with E-state index in [4.69, 9.17) is 4.74 Å². The fourth-order valence-electron chi connectivity index (χ4n) is 1.71. The predicted molar refractivity (Wildman–Crippen MR) is 80.0 cm³/mol. The lowest BCUT2D eigenvalue weighted by Gasteiger charge is -2.19. The highest BCUT2D eigenvalue weighted by Crippen LogP contribution is 2.24. The molecule has 5 heteroatoms. The van der Waals surface area contributed by atoms with Crippen molar-refractivity contribution in [3.8, 4) is 0 Å². The topological polar surface area (TPSA) is 55.4 Å². The van der Waals surface area contributed by atoms with Gasteiger partial charge in [-0.05, 0) is 38.3 Å². The third-order valence-electron chi connectivity index (χ3n) is 2.46. The van der Waals surface area contributed by atoms with E-state index in [1.807, 2.05) is 30.3 Å². The van der Waals surface area contributed by atoms with Gasteiger partial charge in [0.2, 0.25) is 0 Å². The molecule has 106 valence electrons. The molecule has 0 saturated carbocycles. The van der Waals surface area contributed by atoms with Gasteiger partial charge >= 0.3 is 5.97 Å². The van der Waals surface area contributed by atoms with Crippen LogP contribution in [-0.2, 0) is 9.53 Å². The van der Waals surface area contributed by atoms with E-state index in [1.54, 1.807) is 20.8 Å². The molecule has 2 aromatic rings. The van der Waals surface area contributed by atoms with Gasteiger partial charge in [0, 0.05) is 4.70 Å². The number of benzene rings is 1. The minimum atomic E-state index is -0.542. The van der Waals surface area contributed by atoms with Crippen molar-refractivity contribution in [2.45, 2.75) is 26.4 Å². The molecule has 20 heavy (non-hydrogen) atoms. The number of carbonyl (C=O) groups is 2. The molecule has 0 spiro atoms. The second kappa shape index (κ2) is 5.63. The average molecular weight is 291 g/mol. The van der Waals surface area contributed by atoms with Crippen LogP contribution in [0, 0.1) is 0 Å². The number of esters is 1. The summed E-state index contributed by atoms with van der Waals surface area (Å²) in [6, 6.07) is 9.60. The van der Waals surface area contributed by atoms with E-state index >= 15 is 0 Å². The standard InChI is InChI=1S/C15H17NO3S/c1-15(2,3)19-13(17)9-16-14(18)12-8-10-6-4-5-7-11(10)20-12/h4-8H,9H2,1-3H3,(H,16,18). The Morgan fingerprint density at radius 3 is 2.60 bits per heavy atom. The largest absolute Gasteiger partial charge is 0.459 e. The number of rotatable bonds is 3. The zero-order valence-corrected chi connectivity index (χ0v) is 12.5. The predicted octanol–water partition coefficient (Wildman–Crippen LogP) is 2.97. The highest BCUT2D eigenvalue weighted by molar-refractivity contribution is 7.20. The van der Waals surface area contributed by atoms with Crippen LogP contribution in [0.5, 0.6) is 0 Å². The van der Waals surface area contributed by atoms with Gasteiger partial charge in [-0.1, -0.05) is 18.2 Å². The summed E-state index contributed by atoms with van der Waals surface area (Å²) in [5.41, 5.74) is -0.542. The number of fused-ring (bicyclic) bond motifs is 1. The maximum atomic E-state index is 12.0. The second-order valence-electron chi connectivity index (χ2n) is 5.42. The number of ether oxygens (including phenoxy) is 1. The van der Waals surface area contributed by atoms with Crippen molar-refractivity contribution in [3.05, 3.63) is 35.2 Å². The summed E-state index contributed by atoms with van der Waals surface area (Å²) in [7, 11) is 0. The van der Waals surface area contributed by atoms with E-state index in [2.05, 4.69) is 5.32 Å². The summed E-state index contributed by atoms with van der Waals surface area (Å²) in [4.78, 5) is 24.1. The molecule has 0 aliphatic rings. The maximum absolute atomic E-state index is 12.0. The molecular formula is C15H17NO3S. The van der Waals surface area contributed by atoms with Crippen molar-refractivity contribution >= 4 is 33.3 Å². The van der Waals surface area contributed by atoms with Crippen molar-refractivity contribution in [1.29, 1.82) is 0 Å². The van der Waals surface area contributed by atoms with Crippen LogP contribution in [0.1, 0.15) is 30.4 Å². The van der Waals surface area contributed by atoms with Gasteiger partial charge in [0.1, 0.15) is 12.1 Å². The van der Waals surface area contributed by atoms with E-state index in [0.717, 1.165) is 10.1 Å². The molecule has 0 fully saturated rings. The van der Waals surface area contributed by atoms with Gasteiger partial charge in [-0.3, -0.25) is 9.59 Å². The molecule has 1 N–H and O–H groups in total. The minimum absolute atomic E-state index is 0.121. The number of hydrogen-bond donors (Lipinski definition) is 1. The molecule has 0 bridgehead atoms. The molecule has 0 unspecified atom stereocenters. The van der Waals surface area contributed by atoms with Crippen LogP contribution in [0.2, 0.25) is 0 Å². The van der Waals surface area contributed by atoms with Gasteiger partial charge in [-0.15, -0.1) is 11.3 Å². The molecule has 0 saturated heterocycles. The fraction of sp³-hybridized carbons (Fsp3) is 0.333. The molecule has 1 amide bonds. The van der Waals surface area contributed by atoms with Gasteiger partial charge in [0.25, 0.3) is 5.91 Å². The fourth-order valence-corrected chi connectivity index (χ4v) is 2.69. The highest BCUT2D eigenvalue weighted by Gasteiger charge is 2.17. The van der Waals surface area contributed by atoms with Crippen LogP contribution in [0.3, 0.4) is 0 Å². The molecule has 4 nitrogen and oxygen atoms in total. The zero-order chi connectivity index (χ0) is 14.8. The Kier molecular flexibility index (Phi) is 4.09. The van der Waals surface area contributed by atoms with Crippen LogP contribution in [-0.4, -0.2) is 24.0 Å². The van der Waals surface area contributed by atoms with E-state index in [0.29, 0.717) is 4.88 Å². The van der Waals surface area contributed by atoms with Gasteiger partial charge in [0.05, 0.1) is 4.88 Å². The molecule has 2 rings (SSSR count). The lowest BCUT2D eigenvalue weighted by atomic mass is 10.2. The lowest BCUT2D eigenvalue weighted by Crippen LogP contribution is -2.34. The normalized spacial score (nSPS) is 11.3. The highest BCUT2D eigenvalue weighted by atomic mass is 32.1. The van der Waals surface area contributed by atoms with E-state index in [-0.39, 0.29) is 12.5 Å². The Bertz CT molecular complexity index is 607. The first-order valence-electron chi connectivity index (χ1n) is 6.34. The second-order valence-corrected chi connectivity index (χ2v) is 6.50. The molecular weight excluding hydrogens is 274 g/mol. The summed E-state index contributed by atoms with van der Waals surface area (Å²) >= 11 is 1.41. The number of nitrogens with one attached hydrogen (secondary N) is 1. The average Bonchev–Trinajstić information content (AvgIpc) is 2.77. The summed E-state index contributed by atoms with van der Waals surface area (Å²) in [6.07, 6.45) is 0. The van der Waals surface area contributed by atoms with E-state index < -0.39 is 11.6 Å². The SMILES string of the molecule is CC(C)(C)OC(=O)CNC(=O)c1cc2ccccc2s1. The van der Waals surface area contributed by atoms with E-state index in [1.165, 1.54) is 11.3 Å². The van der Waals surface area contributed by atoms with Crippen molar-refractivity contribution < 1.29 is 14.3 Å². The van der Waals surface area contributed by atoms with Crippen LogP contribution >= 0.6 is 11.3 Å². The van der Waals surface area contributed by atoms with Crippen LogP contribution < -0.4 is 5.32 Å². The Morgan fingerprint density at radius 1 is 1.25 bits per heavy atom. The van der Waals surface area contributed by atoms with E-state index in [9.17, 15) is 9.59 Å². The Labute approximate surface area is 121 Å². The van der Waals surface area contributed by atoms with Crippen molar-refractivity contribution in [1.82, 2.24) is 5.32 Å². The van der Waals surface area contributed by atoms with Crippen molar-refractivity contribution in [2.24, 2.45) is 0 Å². The first-order valence-corrected chi connectivity index (χ1v) is 7.15. The summed E-state index contributed by atoms with van der Waals surface area (Å²) in [6.45, 7) is 5.25. The Balaban J connectivity index is 1.97. The third-order valence-corrected chi connectivity index (χ3v) is 3.58. The van der Waals surface area contributed by atoms with Gasteiger partial charge in [-0.2, -0.15) is 0 Å². The van der Waals surface area contributed by atoms with Crippen LogP contribution in [0.25, 0.3) is 10.1 Å². The van der Waals surface area contributed by atoms with Crippen molar-refractivity contribution in [2.75, 3.05) is 6.54 Å². The first kappa shape index (κ1) is 14.5. The van der Waals surface area contributed by atoms with Gasteiger partial charge in [-0.25, -0.2) is 0 Å². The number of carbonyl (C=O) groups excluding carboxylic acids is 2. The number of thiophene rings is 1. The number of hydrogen-bond acceptors (Lipinski definition) is 4. The quantitative estimate of drug-likeness (QED) is 0.885.